The molecule has 140 valence electrons. The van der Waals surface area contributed by atoms with Crippen molar-refractivity contribution in [3.8, 4) is 16.9 Å². The summed E-state index contributed by atoms with van der Waals surface area (Å²) in [5.74, 6) is 0.700. The van der Waals surface area contributed by atoms with Crippen LogP contribution in [0.15, 0.2) is 96.5 Å². The molecule has 2 unspecified atom stereocenters. The van der Waals surface area contributed by atoms with Gasteiger partial charge in [-0.15, -0.1) is 0 Å². The third-order valence-electron chi connectivity index (χ3n) is 6.62. The molecular formula is C25H19BO3. The predicted octanol–water partition coefficient (Wildman–Crippen LogP) is 3.89. The molecule has 0 saturated carbocycles. The number of ether oxygens (including phenoxy) is 1. The van der Waals surface area contributed by atoms with Gasteiger partial charge in [0.05, 0.1) is 5.41 Å². The standard InChI is InChI=1S/C25H19BO3/c27-26(28)22-14-7-13-21-24(22)29-23-15-6-5-12-20(23)25(21)18-10-3-1-8-16(18)17-9-2-4-11-19(17)25/h1-15,21,24,27-28H. The lowest BCUT2D eigenvalue weighted by atomic mass is 9.56. The minimum Gasteiger partial charge on any atom is -0.486 e. The van der Waals surface area contributed by atoms with E-state index in [1.54, 1.807) is 6.08 Å². The molecule has 0 radical (unpaired) electrons. The topological polar surface area (TPSA) is 49.7 Å². The lowest BCUT2D eigenvalue weighted by molar-refractivity contribution is 0.133. The SMILES string of the molecule is OB(O)C1=CC=CC2C1Oc1ccccc1C21c2ccccc2-c2ccccc21. The first-order valence-electron chi connectivity index (χ1n) is 9.93. The van der Waals surface area contributed by atoms with E-state index in [4.69, 9.17) is 4.74 Å². The Hall–Kier alpha value is -3.08. The van der Waals surface area contributed by atoms with E-state index in [-0.39, 0.29) is 5.92 Å². The van der Waals surface area contributed by atoms with Crippen LogP contribution in [0.25, 0.3) is 11.1 Å². The van der Waals surface area contributed by atoms with Crippen LogP contribution in [-0.2, 0) is 5.41 Å². The first-order chi connectivity index (χ1) is 14.2. The van der Waals surface area contributed by atoms with Crippen LogP contribution < -0.4 is 4.74 Å². The van der Waals surface area contributed by atoms with Crippen LogP contribution in [0.4, 0.5) is 0 Å². The third-order valence-corrected chi connectivity index (χ3v) is 6.62. The largest absolute Gasteiger partial charge is 0.487 e. The summed E-state index contributed by atoms with van der Waals surface area (Å²) >= 11 is 0. The molecule has 2 aliphatic carbocycles. The average molecular weight is 378 g/mol. The Morgan fingerprint density at radius 3 is 2.00 bits per heavy atom. The molecular weight excluding hydrogens is 359 g/mol. The van der Waals surface area contributed by atoms with Crippen LogP contribution in [0.1, 0.15) is 16.7 Å². The maximum Gasteiger partial charge on any atom is 0.487 e. The summed E-state index contributed by atoms with van der Waals surface area (Å²) in [5, 5.41) is 20.1. The smallest absolute Gasteiger partial charge is 0.486 e. The van der Waals surface area contributed by atoms with Crippen molar-refractivity contribution in [2.24, 2.45) is 5.92 Å². The molecule has 1 aliphatic heterocycles. The van der Waals surface area contributed by atoms with Gasteiger partial charge in [-0.25, -0.2) is 0 Å². The van der Waals surface area contributed by atoms with Gasteiger partial charge in [0.2, 0.25) is 0 Å². The number of hydrogen-bond donors (Lipinski definition) is 2. The van der Waals surface area contributed by atoms with E-state index < -0.39 is 18.6 Å². The summed E-state index contributed by atoms with van der Waals surface area (Å²) in [7, 11) is -1.55. The van der Waals surface area contributed by atoms with Gasteiger partial charge in [-0.05, 0) is 28.3 Å². The van der Waals surface area contributed by atoms with Crippen LogP contribution in [0.5, 0.6) is 5.75 Å². The van der Waals surface area contributed by atoms with Gasteiger partial charge >= 0.3 is 7.12 Å². The van der Waals surface area contributed by atoms with Gasteiger partial charge < -0.3 is 14.8 Å². The van der Waals surface area contributed by atoms with Crippen molar-refractivity contribution in [2.45, 2.75) is 11.5 Å². The summed E-state index contributed by atoms with van der Waals surface area (Å²) in [5.41, 5.74) is 6.11. The quantitative estimate of drug-likeness (QED) is 0.632. The number of para-hydroxylation sites is 1. The summed E-state index contributed by atoms with van der Waals surface area (Å²) in [4.78, 5) is 0. The predicted molar refractivity (Wildman–Crippen MR) is 114 cm³/mol. The molecule has 0 saturated heterocycles. The molecule has 2 N–H and O–H groups in total. The summed E-state index contributed by atoms with van der Waals surface area (Å²) < 4.78 is 6.39. The Morgan fingerprint density at radius 2 is 1.34 bits per heavy atom. The minimum atomic E-state index is -1.55. The van der Waals surface area contributed by atoms with Crippen molar-refractivity contribution in [2.75, 3.05) is 0 Å². The minimum absolute atomic E-state index is 0.0935. The van der Waals surface area contributed by atoms with Crippen LogP contribution in [0.2, 0.25) is 0 Å². The number of fused-ring (bicyclic) bond motifs is 9. The van der Waals surface area contributed by atoms with E-state index in [0.717, 1.165) is 11.3 Å². The third kappa shape index (κ3) is 2.05. The molecule has 3 aromatic carbocycles. The van der Waals surface area contributed by atoms with Gasteiger partial charge in [-0.3, -0.25) is 0 Å². The van der Waals surface area contributed by atoms with Crippen molar-refractivity contribution in [1.82, 2.24) is 0 Å². The maximum atomic E-state index is 10.1. The fraction of sp³-hybridized carbons (Fsp3) is 0.120. The Kier molecular flexibility index (Phi) is 3.46. The molecule has 0 fully saturated rings. The van der Waals surface area contributed by atoms with Crippen LogP contribution in [0, 0.1) is 5.92 Å². The van der Waals surface area contributed by atoms with Gasteiger partial charge in [0.25, 0.3) is 0 Å². The molecule has 4 heteroatoms. The molecule has 6 rings (SSSR count). The summed E-state index contributed by atoms with van der Waals surface area (Å²) in [6, 6.07) is 25.3. The van der Waals surface area contributed by atoms with Gasteiger partial charge in [-0.1, -0.05) is 85.0 Å². The molecule has 1 spiro atoms. The zero-order valence-corrected chi connectivity index (χ0v) is 15.7. The molecule has 1 heterocycles. The Labute approximate surface area is 169 Å². The summed E-state index contributed by atoms with van der Waals surface area (Å²) in [6.07, 6.45) is 5.40. The molecule has 0 aromatic heterocycles. The Balaban J connectivity index is 1.75. The summed E-state index contributed by atoms with van der Waals surface area (Å²) in [6.45, 7) is 0. The highest BCUT2D eigenvalue weighted by atomic mass is 16.5. The molecule has 3 nitrogen and oxygen atoms in total. The highest BCUT2D eigenvalue weighted by Gasteiger charge is 2.57. The van der Waals surface area contributed by atoms with Crippen molar-refractivity contribution in [1.29, 1.82) is 0 Å². The van der Waals surface area contributed by atoms with E-state index in [9.17, 15) is 10.0 Å². The van der Waals surface area contributed by atoms with Crippen molar-refractivity contribution in [3.63, 3.8) is 0 Å². The van der Waals surface area contributed by atoms with E-state index in [1.807, 2.05) is 18.2 Å². The second-order valence-electron chi connectivity index (χ2n) is 7.88. The molecule has 0 amide bonds. The van der Waals surface area contributed by atoms with E-state index in [2.05, 4.69) is 66.7 Å². The van der Waals surface area contributed by atoms with Gasteiger partial charge in [0, 0.05) is 17.0 Å². The molecule has 0 bridgehead atoms. The van der Waals surface area contributed by atoms with Crippen LogP contribution in [0.3, 0.4) is 0 Å². The first-order valence-corrected chi connectivity index (χ1v) is 9.93. The van der Waals surface area contributed by atoms with Gasteiger partial charge in [0.1, 0.15) is 11.9 Å². The second-order valence-corrected chi connectivity index (χ2v) is 7.88. The van der Waals surface area contributed by atoms with Crippen molar-refractivity contribution in [3.05, 3.63) is 113 Å². The fourth-order valence-electron chi connectivity index (χ4n) is 5.56. The molecule has 29 heavy (non-hydrogen) atoms. The van der Waals surface area contributed by atoms with E-state index in [1.165, 1.54) is 22.3 Å². The monoisotopic (exact) mass is 378 g/mol. The van der Waals surface area contributed by atoms with E-state index in [0.29, 0.717) is 5.47 Å². The van der Waals surface area contributed by atoms with Gasteiger partial charge in [-0.2, -0.15) is 0 Å². The number of hydrogen-bond acceptors (Lipinski definition) is 3. The number of benzene rings is 3. The first kappa shape index (κ1) is 16.8. The highest BCUT2D eigenvalue weighted by Crippen LogP contribution is 2.62. The highest BCUT2D eigenvalue weighted by molar-refractivity contribution is 6.51. The molecule has 3 aromatic rings. The average Bonchev–Trinajstić information content (AvgIpc) is 3.05. The molecule has 3 aliphatic rings. The van der Waals surface area contributed by atoms with Gasteiger partial charge in [0.15, 0.2) is 0 Å². The zero-order valence-electron chi connectivity index (χ0n) is 15.7. The number of allylic oxidation sites excluding steroid dienone is 2. The molecule has 2 atom stereocenters. The van der Waals surface area contributed by atoms with Crippen LogP contribution in [-0.4, -0.2) is 23.3 Å². The maximum absolute atomic E-state index is 10.1. The van der Waals surface area contributed by atoms with E-state index >= 15 is 0 Å². The number of rotatable bonds is 1. The zero-order chi connectivity index (χ0) is 19.6. The Bertz CT molecular complexity index is 1150. The van der Waals surface area contributed by atoms with Crippen LogP contribution >= 0.6 is 0 Å². The van der Waals surface area contributed by atoms with Crippen molar-refractivity contribution >= 4 is 7.12 Å². The normalized spacial score (nSPS) is 22.1. The van der Waals surface area contributed by atoms with Crippen molar-refractivity contribution < 1.29 is 14.8 Å². The second kappa shape index (κ2) is 5.96. The lowest BCUT2D eigenvalue weighted by Gasteiger charge is -2.48. The lowest BCUT2D eigenvalue weighted by Crippen LogP contribution is -2.51. The Morgan fingerprint density at radius 1 is 0.759 bits per heavy atom. The fourth-order valence-corrected chi connectivity index (χ4v) is 5.56.